The molecule has 1 rings (SSSR count). The van der Waals surface area contributed by atoms with Crippen LogP contribution in [0, 0.1) is 0 Å². The van der Waals surface area contributed by atoms with Crippen molar-refractivity contribution in [2.24, 2.45) is 5.73 Å². The summed E-state index contributed by atoms with van der Waals surface area (Å²) < 4.78 is 10.4. The zero-order valence-electron chi connectivity index (χ0n) is 11.5. The molecule has 0 radical (unpaired) electrons. The quantitative estimate of drug-likeness (QED) is 0.686. The molecule has 0 bridgehead atoms. The Kier molecular flexibility index (Phi) is 7.46. The predicted molar refractivity (Wildman–Crippen MR) is 75.0 cm³/mol. The van der Waals surface area contributed by atoms with Gasteiger partial charge in [-0.25, -0.2) is 0 Å². The maximum Gasteiger partial charge on any atom is 0.118 e. The average Bonchev–Trinajstić information content (AvgIpc) is 2.42. The van der Waals surface area contributed by atoms with Crippen molar-refractivity contribution in [3.63, 3.8) is 0 Å². The molecule has 0 aliphatic carbocycles. The Bertz CT molecular complexity index is 311. The smallest absolute Gasteiger partial charge is 0.118 e. The van der Waals surface area contributed by atoms with Crippen LogP contribution in [0.1, 0.15) is 31.7 Å². The van der Waals surface area contributed by atoms with Gasteiger partial charge in [-0.2, -0.15) is 0 Å². The van der Waals surface area contributed by atoms with Gasteiger partial charge in [0.1, 0.15) is 5.75 Å². The van der Waals surface area contributed by atoms with E-state index < -0.39 is 0 Å². The van der Waals surface area contributed by atoms with Crippen molar-refractivity contribution >= 4 is 0 Å². The van der Waals surface area contributed by atoms with Gasteiger partial charge >= 0.3 is 0 Å². The van der Waals surface area contributed by atoms with E-state index in [1.54, 1.807) is 7.11 Å². The Morgan fingerprint density at radius 2 is 1.89 bits per heavy atom. The summed E-state index contributed by atoms with van der Waals surface area (Å²) in [4.78, 5) is 0. The van der Waals surface area contributed by atoms with Gasteiger partial charge in [-0.05, 0) is 50.3 Å². The van der Waals surface area contributed by atoms with Gasteiger partial charge in [0.2, 0.25) is 0 Å². The third kappa shape index (κ3) is 6.03. The molecular formula is C15H25NO2. The summed E-state index contributed by atoms with van der Waals surface area (Å²) in [6.45, 7) is 3.64. The second-order valence-electron chi connectivity index (χ2n) is 4.49. The van der Waals surface area contributed by atoms with Crippen LogP contribution < -0.4 is 10.5 Å². The summed E-state index contributed by atoms with van der Waals surface area (Å²) in [7, 11) is 1.68. The van der Waals surface area contributed by atoms with E-state index in [2.05, 4.69) is 12.1 Å². The van der Waals surface area contributed by atoms with E-state index in [1.807, 2.05) is 19.1 Å². The molecule has 3 heteroatoms. The Morgan fingerprint density at radius 3 is 2.50 bits per heavy atom. The monoisotopic (exact) mass is 251 g/mol. The molecule has 0 spiro atoms. The molecule has 0 fully saturated rings. The van der Waals surface area contributed by atoms with Gasteiger partial charge in [-0.1, -0.05) is 12.1 Å². The molecule has 1 aromatic rings. The van der Waals surface area contributed by atoms with Crippen LogP contribution in [0.25, 0.3) is 0 Å². The second kappa shape index (κ2) is 8.95. The highest BCUT2D eigenvalue weighted by molar-refractivity contribution is 5.27. The Hall–Kier alpha value is -1.06. The number of methoxy groups -OCH3 is 1. The Morgan fingerprint density at radius 1 is 1.17 bits per heavy atom. The minimum atomic E-state index is 0.271. The summed E-state index contributed by atoms with van der Waals surface area (Å²) in [5.74, 6) is 0.903. The fourth-order valence-electron chi connectivity index (χ4n) is 1.88. The number of benzene rings is 1. The molecule has 0 heterocycles. The number of hydrogen-bond donors (Lipinski definition) is 1. The lowest BCUT2D eigenvalue weighted by Gasteiger charge is -2.11. The topological polar surface area (TPSA) is 44.5 Å². The normalized spacial score (nSPS) is 12.4. The fourth-order valence-corrected chi connectivity index (χ4v) is 1.88. The lowest BCUT2D eigenvalue weighted by molar-refractivity contribution is 0.141. The SMILES string of the molecule is CCOCCCC(N)CCc1ccc(OC)cc1. The summed E-state index contributed by atoms with van der Waals surface area (Å²) in [5.41, 5.74) is 7.40. The molecule has 18 heavy (non-hydrogen) atoms. The highest BCUT2D eigenvalue weighted by Crippen LogP contribution is 2.13. The van der Waals surface area contributed by atoms with Gasteiger partial charge < -0.3 is 15.2 Å². The van der Waals surface area contributed by atoms with Crippen LogP contribution in [0.4, 0.5) is 0 Å². The molecule has 0 amide bonds. The van der Waals surface area contributed by atoms with Crippen molar-refractivity contribution in [2.45, 2.75) is 38.6 Å². The third-order valence-corrected chi connectivity index (χ3v) is 3.03. The van der Waals surface area contributed by atoms with E-state index in [0.717, 1.165) is 44.6 Å². The summed E-state index contributed by atoms with van der Waals surface area (Å²) >= 11 is 0. The van der Waals surface area contributed by atoms with E-state index in [0.29, 0.717) is 0 Å². The van der Waals surface area contributed by atoms with E-state index in [4.69, 9.17) is 15.2 Å². The summed E-state index contributed by atoms with van der Waals surface area (Å²) in [5, 5.41) is 0. The van der Waals surface area contributed by atoms with Crippen molar-refractivity contribution in [3.05, 3.63) is 29.8 Å². The standard InChI is InChI=1S/C15H25NO2/c1-3-18-12-4-5-14(16)9-6-13-7-10-15(17-2)11-8-13/h7-8,10-11,14H,3-6,9,12,16H2,1-2H3. The maximum atomic E-state index is 6.08. The third-order valence-electron chi connectivity index (χ3n) is 3.03. The zero-order valence-corrected chi connectivity index (χ0v) is 11.5. The molecule has 1 atom stereocenters. The van der Waals surface area contributed by atoms with Crippen molar-refractivity contribution in [2.75, 3.05) is 20.3 Å². The second-order valence-corrected chi connectivity index (χ2v) is 4.49. The first-order chi connectivity index (χ1) is 8.76. The predicted octanol–water partition coefficient (Wildman–Crippen LogP) is 2.77. The molecule has 2 N–H and O–H groups in total. The minimum Gasteiger partial charge on any atom is -0.497 e. The van der Waals surface area contributed by atoms with Crippen LogP contribution in [-0.2, 0) is 11.2 Å². The number of ether oxygens (including phenoxy) is 2. The lowest BCUT2D eigenvalue weighted by Crippen LogP contribution is -2.21. The van der Waals surface area contributed by atoms with Gasteiger partial charge in [-0.15, -0.1) is 0 Å². The zero-order chi connectivity index (χ0) is 13.2. The molecule has 0 saturated carbocycles. The highest BCUT2D eigenvalue weighted by Gasteiger charge is 2.03. The molecule has 0 aliphatic rings. The van der Waals surface area contributed by atoms with E-state index in [-0.39, 0.29) is 6.04 Å². The average molecular weight is 251 g/mol. The highest BCUT2D eigenvalue weighted by atomic mass is 16.5. The van der Waals surface area contributed by atoms with Crippen LogP contribution in [0.3, 0.4) is 0 Å². The van der Waals surface area contributed by atoms with Crippen molar-refractivity contribution in [3.8, 4) is 5.75 Å². The number of hydrogen-bond acceptors (Lipinski definition) is 3. The first-order valence-electron chi connectivity index (χ1n) is 6.72. The van der Waals surface area contributed by atoms with Crippen LogP contribution in [0.15, 0.2) is 24.3 Å². The fraction of sp³-hybridized carbons (Fsp3) is 0.600. The van der Waals surface area contributed by atoms with Gasteiger partial charge in [0.05, 0.1) is 7.11 Å². The minimum absolute atomic E-state index is 0.271. The molecule has 0 aromatic heterocycles. The largest absolute Gasteiger partial charge is 0.497 e. The molecule has 102 valence electrons. The van der Waals surface area contributed by atoms with Crippen molar-refractivity contribution < 1.29 is 9.47 Å². The maximum absolute atomic E-state index is 6.08. The van der Waals surface area contributed by atoms with Gasteiger partial charge in [-0.3, -0.25) is 0 Å². The van der Waals surface area contributed by atoms with Crippen LogP contribution >= 0.6 is 0 Å². The van der Waals surface area contributed by atoms with E-state index in [9.17, 15) is 0 Å². The van der Waals surface area contributed by atoms with E-state index >= 15 is 0 Å². The first-order valence-corrected chi connectivity index (χ1v) is 6.72. The van der Waals surface area contributed by atoms with Gasteiger partial charge in [0.15, 0.2) is 0 Å². The number of aryl methyl sites for hydroxylation is 1. The lowest BCUT2D eigenvalue weighted by atomic mass is 10.0. The Labute approximate surface area is 110 Å². The first kappa shape index (κ1) is 15.0. The number of nitrogens with two attached hydrogens (primary N) is 1. The van der Waals surface area contributed by atoms with Crippen molar-refractivity contribution in [1.29, 1.82) is 0 Å². The molecule has 1 aromatic carbocycles. The molecular weight excluding hydrogens is 226 g/mol. The van der Waals surface area contributed by atoms with Gasteiger partial charge in [0, 0.05) is 19.3 Å². The van der Waals surface area contributed by atoms with Crippen LogP contribution in [0.5, 0.6) is 5.75 Å². The van der Waals surface area contributed by atoms with Crippen molar-refractivity contribution in [1.82, 2.24) is 0 Å². The molecule has 0 saturated heterocycles. The van der Waals surface area contributed by atoms with Crippen LogP contribution in [-0.4, -0.2) is 26.4 Å². The summed E-state index contributed by atoms with van der Waals surface area (Å²) in [6, 6.07) is 8.47. The molecule has 1 unspecified atom stereocenters. The van der Waals surface area contributed by atoms with Gasteiger partial charge in [0.25, 0.3) is 0 Å². The molecule has 0 aliphatic heterocycles. The Balaban J connectivity index is 2.18. The van der Waals surface area contributed by atoms with Crippen LogP contribution in [0.2, 0.25) is 0 Å². The molecule has 3 nitrogen and oxygen atoms in total. The summed E-state index contributed by atoms with van der Waals surface area (Å²) in [6.07, 6.45) is 4.14. The van der Waals surface area contributed by atoms with E-state index in [1.165, 1.54) is 5.56 Å². The number of rotatable bonds is 9.